The van der Waals surface area contributed by atoms with Gasteiger partial charge in [0.05, 0.1) is 0 Å². The number of fused-ring (bicyclic) bond motifs is 1. The fourth-order valence-electron chi connectivity index (χ4n) is 2.31. The van der Waals surface area contributed by atoms with Crippen molar-refractivity contribution >= 4 is 28.5 Å². The maximum atomic E-state index is 11.9. The van der Waals surface area contributed by atoms with Crippen LogP contribution in [0.15, 0.2) is 54.7 Å². The molecular formula is C17H16ClN3O. The Labute approximate surface area is 133 Å². The standard InChI is InChI=1S/C17H16ClN3O/c18-14-6-7-16-15(8-14)13(10-19-16)11-21-17(22)20-9-12-4-2-1-3-5-12/h1-8,10,19H,9,11H2,(H2,20,21,22). The molecule has 0 aliphatic rings. The van der Waals surface area contributed by atoms with E-state index < -0.39 is 0 Å². The molecule has 3 rings (SSSR count). The number of carbonyl (C=O) groups is 1. The summed E-state index contributed by atoms with van der Waals surface area (Å²) in [5, 5.41) is 7.39. The van der Waals surface area contributed by atoms with E-state index in [1.54, 1.807) is 0 Å². The van der Waals surface area contributed by atoms with Crippen molar-refractivity contribution in [2.75, 3.05) is 0 Å². The number of hydrogen-bond acceptors (Lipinski definition) is 1. The molecule has 22 heavy (non-hydrogen) atoms. The number of H-pyrrole nitrogens is 1. The summed E-state index contributed by atoms with van der Waals surface area (Å²) in [6.07, 6.45) is 1.89. The second kappa shape index (κ2) is 6.54. The van der Waals surface area contributed by atoms with Gasteiger partial charge in [-0.25, -0.2) is 4.79 Å². The van der Waals surface area contributed by atoms with Gasteiger partial charge in [0.25, 0.3) is 0 Å². The first kappa shape index (κ1) is 14.5. The highest BCUT2D eigenvalue weighted by molar-refractivity contribution is 6.31. The number of rotatable bonds is 4. The van der Waals surface area contributed by atoms with E-state index in [0.717, 1.165) is 22.0 Å². The molecule has 1 aromatic heterocycles. The summed E-state index contributed by atoms with van der Waals surface area (Å²) in [7, 11) is 0. The first-order valence-corrected chi connectivity index (χ1v) is 7.41. The molecule has 0 unspecified atom stereocenters. The molecule has 0 saturated carbocycles. The fraction of sp³-hybridized carbons (Fsp3) is 0.118. The number of carbonyl (C=O) groups excluding carboxylic acids is 1. The predicted molar refractivity (Wildman–Crippen MR) is 88.8 cm³/mol. The molecule has 3 N–H and O–H groups in total. The zero-order valence-corrected chi connectivity index (χ0v) is 12.7. The summed E-state index contributed by atoms with van der Waals surface area (Å²) in [5.41, 5.74) is 3.08. The van der Waals surface area contributed by atoms with Crippen LogP contribution in [0.5, 0.6) is 0 Å². The van der Waals surface area contributed by atoms with Gasteiger partial charge < -0.3 is 15.6 Å². The van der Waals surface area contributed by atoms with Crippen LogP contribution in [0.3, 0.4) is 0 Å². The Hall–Kier alpha value is -2.46. The topological polar surface area (TPSA) is 56.9 Å². The molecule has 0 fully saturated rings. The van der Waals surface area contributed by atoms with Crippen molar-refractivity contribution in [3.05, 3.63) is 70.9 Å². The molecule has 0 saturated heterocycles. The number of nitrogens with one attached hydrogen (secondary N) is 3. The Kier molecular flexibility index (Phi) is 4.30. The third-order valence-electron chi connectivity index (χ3n) is 3.46. The third-order valence-corrected chi connectivity index (χ3v) is 3.70. The lowest BCUT2D eigenvalue weighted by atomic mass is 10.2. The monoisotopic (exact) mass is 313 g/mol. The van der Waals surface area contributed by atoms with Crippen molar-refractivity contribution in [3.8, 4) is 0 Å². The van der Waals surface area contributed by atoms with Gasteiger partial charge in [-0.05, 0) is 29.3 Å². The molecule has 5 heteroatoms. The first-order valence-electron chi connectivity index (χ1n) is 7.03. The Morgan fingerprint density at radius 1 is 1.05 bits per heavy atom. The average Bonchev–Trinajstić information content (AvgIpc) is 2.94. The first-order chi connectivity index (χ1) is 10.7. The van der Waals surface area contributed by atoms with Gasteiger partial charge in [-0.3, -0.25) is 0 Å². The number of aromatic nitrogens is 1. The fourth-order valence-corrected chi connectivity index (χ4v) is 2.49. The highest BCUT2D eigenvalue weighted by atomic mass is 35.5. The molecule has 4 nitrogen and oxygen atoms in total. The molecule has 0 aliphatic heterocycles. The van der Waals surface area contributed by atoms with Crippen LogP contribution in [0.1, 0.15) is 11.1 Å². The zero-order valence-electron chi connectivity index (χ0n) is 11.9. The number of benzene rings is 2. The highest BCUT2D eigenvalue weighted by Crippen LogP contribution is 2.22. The minimum atomic E-state index is -0.194. The summed E-state index contributed by atoms with van der Waals surface area (Å²) in [6.45, 7) is 0.952. The van der Waals surface area contributed by atoms with Crippen LogP contribution in [0.2, 0.25) is 5.02 Å². The Morgan fingerprint density at radius 2 is 1.82 bits per heavy atom. The summed E-state index contributed by atoms with van der Waals surface area (Å²) in [6, 6.07) is 15.3. The molecule has 0 aliphatic carbocycles. The van der Waals surface area contributed by atoms with Crippen LogP contribution in [0, 0.1) is 0 Å². The van der Waals surface area contributed by atoms with Gasteiger partial charge in [-0.2, -0.15) is 0 Å². The van der Waals surface area contributed by atoms with Gasteiger partial charge in [-0.15, -0.1) is 0 Å². The largest absolute Gasteiger partial charge is 0.361 e. The lowest BCUT2D eigenvalue weighted by molar-refractivity contribution is 0.240. The van der Waals surface area contributed by atoms with Crippen LogP contribution < -0.4 is 10.6 Å². The normalized spacial score (nSPS) is 10.6. The number of aromatic amines is 1. The zero-order chi connectivity index (χ0) is 15.4. The smallest absolute Gasteiger partial charge is 0.315 e. The maximum Gasteiger partial charge on any atom is 0.315 e. The van der Waals surface area contributed by atoms with E-state index in [0.29, 0.717) is 18.1 Å². The SMILES string of the molecule is O=C(NCc1ccccc1)NCc1c[nH]c2ccc(Cl)cc12. The molecular weight excluding hydrogens is 298 g/mol. The van der Waals surface area contributed by atoms with Gasteiger partial charge >= 0.3 is 6.03 Å². The summed E-state index contributed by atoms with van der Waals surface area (Å²) in [5.74, 6) is 0. The van der Waals surface area contributed by atoms with Crippen molar-refractivity contribution in [1.82, 2.24) is 15.6 Å². The van der Waals surface area contributed by atoms with Crippen molar-refractivity contribution in [1.29, 1.82) is 0 Å². The van der Waals surface area contributed by atoms with E-state index in [-0.39, 0.29) is 6.03 Å². The molecule has 0 atom stereocenters. The molecule has 2 aromatic carbocycles. The van der Waals surface area contributed by atoms with E-state index in [4.69, 9.17) is 11.6 Å². The number of hydrogen-bond donors (Lipinski definition) is 3. The van der Waals surface area contributed by atoms with Crippen molar-refractivity contribution in [2.24, 2.45) is 0 Å². The van der Waals surface area contributed by atoms with E-state index >= 15 is 0 Å². The highest BCUT2D eigenvalue weighted by Gasteiger charge is 2.06. The maximum absolute atomic E-state index is 11.9. The van der Waals surface area contributed by atoms with Gasteiger partial charge in [0, 0.05) is 35.2 Å². The predicted octanol–water partition coefficient (Wildman–Crippen LogP) is 3.82. The minimum absolute atomic E-state index is 0.194. The van der Waals surface area contributed by atoms with Gasteiger partial charge in [0.1, 0.15) is 0 Å². The lowest BCUT2D eigenvalue weighted by Crippen LogP contribution is -2.34. The van der Waals surface area contributed by atoms with E-state index in [2.05, 4.69) is 15.6 Å². The van der Waals surface area contributed by atoms with Gasteiger partial charge in [-0.1, -0.05) is 41.9 Å². The van der Waals surface area contributed by atoms with Crippen molar-refractivity contribution < 1.29 is 4.79 Å². The Morgan fingerprint density at radius 3 is 2.64 bits per heavy atom. The molecule has 0 spiro atoms. The Bertz CT molecular complexity index is 783. The van der Waals surface area contributed by atoms with Gasteiger partial charge in [0.15, 0.2) is 0 Å². The van der Waals surface area contributed by atoms with Crippen LogP contribution >= 0.6 is 11.6 Å². The molecule has 0 bridgehead atoms. The van der Waals surface area contributed by atoms with Crippen molar-refractivity contribution in [2.45, 2.75) is 13.1 Å². The van der Waals surface area contributed by atoms with Crippen LogP contribution in [0.25, 0.3) is 10.9 Å². The number of urea groups is 1. The summed E-state index contributed by atoms with van der Waals surface area (Å²) in [4.78, 5) is 15.0. The molecule has 0 radical (unpaired) electrons. The molecule has 1 heterocycles. The third kappa shape index (κ3) is 3.40. The van der Waals surface area contributed by atoms with Crippen LogP contribution in [-0.4, -0.2) is 11.0 Å². The molecule has 3 aromatic rings. The quantitative estimate of drug-likeness (QED) is 0.674. The second-order valence-electron chi connectivity index (χ2n) is 5.03. The second-order valence-corrected chi connectivity index (χ2v) is 5.46. The minimum Gasteiger partial charge on any atom is -0.361 e. The lowest BCUT2D eigenvalue weighted by Gasteiger charge is -2.07. The van der Waals surface area contributed by atoms with E-state index in [9.17, 15) is 4.79 Å². The van der Waals surface area contributed by atoms with E-state index in [1.165, 1.54) is 0 Å². The van der Waals surface area contributed by atoms with Crippen molar-refractivity contribution in [3.63, 3.8) is 0 Å². The number of halogens is 1. The molecule has 2 amide bonds. The number of amides is 2. The van der Waals surface area contributed by atoms with Crippen LogP contribution in [0.4, 0.5) is 4.79 Å². The Balaban J connectivity index is 1.57. The van der Waals surface area contributed by atoms with Gasteiger partial charge in [0.2, 0.25) is 0 Å². The summed E-state index contributed by atoms with van der Waals surface area (Å²) >= 11 is 6.01. The summed E-state index contributed by atoms with van der Waals surface area (Å²) < 4.78 is 0. The molecule has 112 valence electrons. The average molecular weight is 314 g/mol. The van der Waals surface area contributed by atoms with Crippen LogP contribution in [-0.2, 0) is 13.1 Å². The van der Waals surface area contributed by atoms with E-state index in [1.807, 2.05) is 54.7 Å².